The predicted molar refractivity (Wildman–Crippen MR) is 93.6 cm³/mol. The van der Waals surface area contributed by atoms with Crippen LogP contribution in [-0.2, 0) is 0 Å². The Labute approximate surface area is 135 Å². The molecule has 0 aliphatic rings. The van der Waals surface area contributed by atoms with Crippen molar-refractivity contribution in [1.29, 1.82) is 0 Å². The Balaban J connectivity index is 2.25. The van der Waals surface area contributed by atoms with Crippen LogP contribution in [0.5, 0.6) is 0 Å². The van der Waals surface area contributed by atoms with E-state index in [9.17, 15) is 4.79 Å². The van der Waals surface area contributed by atoms with E-state index in [-0.39, 0.29) is 5.76 Å². The molecule has 4 aromatic heterocycles. The van der Waals surface area contributed by atoms with Crippen molar-refractivity contribution in [3.05, 3.63) is 48.4 Å². The molecule has 4 rings (SSSR count). The van der Waals surface area contributed by atoms with Crippen LogP contribution < -0.4 is 5.76 Å². The zero-order valence-electron chi connectivity index (χ0n) is 12.8. The van der Waals surface area contributed by atoms with Crippen LogP contribution in [0.4, 0.5) is 0 Å². The van der Waals surface area contributed by atoms with Crippen molar-refractivity contribution in [3.8, 4) is 11.3 Å². The third-order valence-corrected chi connectivity index (χ3v) is 6.06. The highest BCUT2D eigenvalue weighted by molar-refractivity contribution is 7.13. The Hall–Kier alpha value is -1.85. The van der Waals surface area contributed by atoms with Gasteiger partial charge in [-0.15, -0.1) is 22.7 Å². The molecule has 4 heterocycles. The molecule has 0 aliphatic carbocycles. The fraction of sp³-hybridized carbons (Fsp3) is 0.235. The van der Waals surface area contributed by atoms with Crippen molar-refractivity contribution < 1.29 is 4.42 Å². The molecule has 0 radical (unpaired) electrons. The van der Waals surface area contributed by atoms with Crippen molar-refractivity contribution in [3.63, 3.8) is 0 Å². The van der Waals surface area contributed by atoms with Crippen molar-refractivity contribution >= 4 is 39.0 Å². The Kier molecular flexibility index (Phi) is 2.86. The van der Waals surface area contributed by atoms with Gasteiger partial charge in [0.1, 0.15) is 5.52 Å². The first-order valence-electron chi connectivity index (χ1n) is 7.08. The van der Waals surface area contributed by atoms with Gasteiger partial charge in [-0.05, 0) is 45.2 Å². The van der Waals surface area contributed by atoms with Crippen LogP contribution in [0.3, 0.4) is 0 Å². The van der Waals surface area contributed by atoms with Crippen LogP contribution >= 0.6 is 22.7 Å². The molecule has 112 valence electrons. The third kappa shape index (κ3) is 1.76. The van der Waals surface area contributed by atoms with Crippen LogP contribution in [0.1, 0.15) is 19.5 Å². The number of hydrogen-bond acceptors (Lipinski definition) is 4. The van der Waals surface area contributed by atoms with Crippen molar-refractivity contribution in [1.82, 2.24) is 4.40 Å². The maximum absolute atomic E-state index is 12.3. The van der Waals surface area contributed by atoms with Crippen molar-refractivity contribution in [2.75, 3.05) is 0 Å². The summed E-state index contributed by atoms with van der Waals surface area (Å²) in [5, 5.41) is 2.34. The maximum Gasteiger partial charge on any atom is 0.424 e. The molecule has 0 aliphatic heterocycles. The van der Waals surface area contributed by atoms with Crippen LogP contribution in [0, 0.1) is 27.7 Å². The second-order valence-electron chi connectivity index (χ2n) is 5.56. The first-order chi connectivity index (χ1) is 10.5. The Bertz CT molecular complexity index is 1090. The molecule has 0 saturated heterocycles. The van der Waals surface area contributed by atoms with E-state index < -0.39 is 0 Å². The van der Waals surface area contributed by atoms with Gasteiger partial charge in [-0.3, -0.25) is 0 Å². The fourth-order valence-electron chi connectivity index (χ4n) is 3.14. The van der Waals surface area contributed by atoms with E-state index >= 15 is 0 Å². The smallest absolute Gasteiger partial charge is 0.407 e. The quantitative estimate of drug-likeness (QED) is 0.489. The molecule has 0 spiro atoms. The first-order valence-corrected chi connectivity index (χ1v) is 8.72. The summed E-state index contributed by atoms with van der Waals surface area (Å²) >= 11 is 3.49. The summed E-state index contributed by atoms with van der Waals surface area (Å²) in [6.07, 6.45) is 1.82. The van der Waals surface area contributed by atoms with Gasteiger partial charge in [-0.25, -0.2) is 9.20 Å². The number of oxazole rings is 1. The summed E-state index contributed by atoms with van der Waals surface area (Å²) in [5.74, 6) is 0.372. The van der Waals surface area contributed by atoms with Crippen LogP contribution in [0.2, 0.25) is 0 Å². The second-order valence-corrected chi connectivity index (χ2v) is 8.45. The number of aromatic nitrogens is 1. The highest BCUT2D eigenvalue weighted by Gasteiger charge is 2.20. The maximum atomic E-state index is 12.3. The molecule has 22 heavy (non-hydrogen) atoms. The average Bonchev–Trinajstić information content (AvgIpc) is 3.06. The molecular formula is C17H15NO2S2. The molecule has 5 heteroatoms. The summed E-state index contributed by atoms with van der Waals surface area (Å²) < 4.78 is 7.26. The number of thiophene rings is 2. The minimum atomic E-state index is -0.321. The molecule has 0 fully saturated rings. The number of fused-ring (bicyclic) bond motifs is 3. The zero-order chi connectivity index (χ0) is 15.6. The van der Waals surface area contributed by atoms with E-state index in [0.717, 1.165) is 16.5 Å². The number of pyridine rings is 1. The van der Waals surface area contributed by atoms with Crippen LogP contribution in [0.25, 0.3) is 27.6 Å². The van der Waals surface area contributed by atoms with Crippen molar-refractivity contribution in [2.24, 2.45) is 0 Å². The average molecular weight is 329 g/mol. The predicted octanol–water partition coefficient (Wildman–Crippen LogP) is 5.07. The number of nitrogens with zero attached hydrogens (tertiary/aromatic N) is 1. The van der Waals surface area contributed by atoms with Gasteiger partial charge in [0.15, 0.2) is 5.76 Å². The fourth-order valence-corrected chi connectivity index (χ4v) is 5.11. The summed E-state index contributed by atoms with van der Waals surface area (Å²) in [6, 6.07) is 4.11. The van der Waals surface area contributed by atoms with E-state index in [1.807, 2.05) is 12.3 Å². The number of hydrogen-bond donors (Lipinski definition) is 0. The molecule has 0 atom stereocenters. The summed E-state index contributed by atoms with van der Waals surface area (Å²) in [4.78, 5) is 17.1. The Morgan fingerprint density at radius 2 is 1.82 bits per heavy atom. The first kappa shape index (κ1) is 13.8. The summed E-state index contributed by atoms with van der Waals surface area (Å²) in [7, 11) is 0. The second kappa shape index (κ2) is 4.57. The van der Waals surface area contributed by atoms with Gasteiger partial charge in [-0.2, -0.15) is 0 Å². The minimum absolute atomic E-state index is 0.321. The summed E-state index contributed by atoms with van der Waals surface area (Å²) in [6.45, 7) is 8.37. The highest BCUT2D eigenvalue weighted by Crippen LogP contribution is 2.39. The molecule has 3 nitrogen and oxygen atoms in total. The third-order valence-electron chi connectivity index (χ3n) is 4.06. The molecule has 0 saturated carbocycles. The molecule has 0 bridgehead atoms. The van der Waals surface area contributed by atoms with Crippen LogP contribution in [-0.4, -0.2) is 4.40 Å². The lowest BCUT2D eigenvalue weighted by atomic mass is 10.1. The number of rotatable bonds is 1. The Morgan fingerprint density at radius 3 is 2.50 bits per heavy atom. The van der Waals surface area contributed by atoms with Gasteiger partial charge in [0.25, 0.3) is 0 Å². The van der Waals surface area contributed by atoms with Crippen molar-refractivity contribution in [2.45, 2.75) is 27.7 Å². The standard InChI is InChI=1S/C17H15NO2S2/c1-8-7-13(10(3)21-8)16-15-14-11(4)22-9(2)12(14)5-6-18(15)17(19)20-16/h5-7H,1-4H3. The van der Waals surface area contributed by atoms with E-state index in [0.29, 0.717) is 5.76 Å². The molecule has 0 unspecified atom stereocenters. The monoisotopic (exact) mass is 329 g/mol. The van der Waals surface area contributed by atoms with E-state index in [1.165, 1.54) is 24.9 Å². The largest absolute Gasteiger partial charge is 0.424 e. The van der Waals surface area contributed by atoms with Gasteiger partial charge in [0, 0.05) is 36.7 Å². The Morgan fingerprint density at radius 1 is 1.05 bits per heavy atom. The number of aryl methyl sites for hydroxylation is 4. The zero-order valence-corrected chi connectivity index (χ0v) is 14.4. The van der Waals surface area contributed by atoms with Gasteiger partial charge in [-0.1, -0.05) is 0 Å². The normalized spacial score (nSPS) is 11.8. The topological polar surface area (TPSA) is 34.6 Å². The molecular weight excluding hydrogens is 314 g/mol. The van der Waals surface area contributed by atoms with Gasteiger partial charge in [0.05, 0.1) is 0 Å². The minimum Gasteiger partial charge on any atom is -0.407 e. The summed E-state index contributed by atoms with van der Waals surface area (Å²) in [5.41, 5.74) is 1.92. The molecule has 0 amide bonds. The molecule has 4 aromatic rings. The lowest BCUT2D eigenvalue weighted by Gasteiger charge is -2.00. The molecule has 0 N–H and O–H groups in total. The van der Waals surface area contributed by atoms with E-state index in [1.54, 1.807) is 27.1 Å². The highest BCUT2D eigenvalue weighted by atomic mass is 32.1. The lowest BCUT2D eigenvalue weighted by molar-refractivity contribution is 0.520. The molecule has 0 aromatic carbocycles. The van der Waals surface area contributed by atoms with E-state index in [2.05, 4.69) is 33.8 Å². The van der Waals surface area contributed by atoms with Gasteiger partial charge >= 0.3 is 5.76 Å². The van der Waals surface area contributed by atoms with Crippen LogP contribution in [0.15, 0.2) is 27.5 Å². The van der Waals surface area contributed by atoms with Gasteiger partial charge in [0.2, 0.25) is 0 Å². The van der Waals surface area contributed by atoms with E-state index in [4.69, 9.17) is 4.42 Å². The lowest BCUT2D eigenvalue weighted by Crippen LogP contribution is -2.04. The van der Waals surface area contributed by atoms with Gasteiger partial charge < -0.3 is 4.42 Å². The SMILES string of the molecule is Cc1cc(-c2oc(=O)n3ccc4c(C)sc(C)c4c23)c(C)s1.